The molecule has 38 heavy (non-hydrogen) atoms. The van der Waals surface area contributed by atoms with Gasteiger partial charge in [0.05, 0.1) is 23.9 Å². The maximum absolute atomic E-state index is 11.1. The summed E-state index contributed by atoms with van der Waals surface area (Å²) in [6, 6.07) is 0. The van der Waals surface area contributed by atoms with E-state index in [4.69, 9.17) is 0 Å². The van der Waals surface area contributed by atoms with E-state index >= 15 is 0 Å². The van der Waals surface area contributed by atoms with E-state index in [9.17, 15) is 39.6 Å². The van der Waals surface area contributed by atoms with Gasteiger partial charge in [-0.3, -0.25) is 0 Å². The molecule has 1 aromatic rings. The Morgan fingerprint density at radius 1 is 0.500 bits per heavy atom. The molecule has 222 valence electrons. The van der Waals surface area contributed by atoms with E-state index in [0.717, 1.165) is 4.40 Å². The predicted octanol–water partition coefficient (Wildman–Crippen LogP) is 0.172. The summed E-state index contributed by atoms with van der Waals surface area (Å²) in [4.78, 5) is 49.9. The van der Waals surface area contributed by atoms with Crippen LogP contribution in [0.25, 0.3) is 0 Å². The third-order valence-electron chi connectivity index (χ3n) is 4.80. The van der Waals surface area contributed by atoms with Crippen molar-refractivity contribution in [2.45, 2.75) is 83.1 Å². The van der Waals surface area contributed by atoms with Crippen molar-refractivity contribution in [1.29, 1.82) is 0 Å². The molecule has 1 rings (SSSR count). The second-order valence-electron chi connectivity index (χ2n) is 12.6. The van der Waals surface area contributed by atoms with Gasteiger partial charge in [0.25, 0.3) is 0 Å². The van der Waals surface area contributed by atoms with Crippen molar-refractivity contribution in [2.75, 3.05) is 0 Å². The number of rotatable bonds is 4. The molecular weight excluding hydrogens is 539 g/mol. The van der Waals surface area contributed by atoms with Crippen molar-refractivity contribution >= 4 is 23.9 Å². The number of aliphatic carboxylic acids is 4. The van der Waals surface area contributed by atoms with Crippen molar-refractivity contribution in [1.82, 2.24) is 9.97 Å². The summed E-state index contributed by atoms with van der Waals surface area (Å²) in [7, 11) is 0. The Bertz CT molecular complexity index is 971. The molecule has 0 aliphatic rings. The van der Waals surface area contributed by atoms with Crippen LogP contribution in [0.15, 0.2) is 34.7 Å². The first-order valence-electron chi connectivity index (χ1n) is 11.7. The monoisotopic (exact) mass is 578 g/mol. The Hall–Kier alpha value is -2.94. The molecule has 0 amide bonds. The molecule has 0 aliphatic heterocycles. The van der Waals surface area contributed by atoms with Gasteiger partial charge in [0.15, 0.2) is 0 Å². The fourth-order valence-electron chi connectivity index (χ4n) is 3.39. The van der Waals surface area contributed by atoms with Crippen molar-refractivity contribution in [3.05, 3.63) is 39.1 Å². The van der Waals surface area contributed by atoms with Crippen LogP contribution in [-0.4, -0.2) is 33.8 Å². The number of nitrogens with one attached hydrogen (secondary N) is 2. The van der Waals surface area contributed by atoms with Crippen LogP contribution >= 0.6 is 0 Å². The molecule has 0 saturated carbocycles. The van der Waals surface area contributed by atoms with E-state index in [1.54, 1.807) is 95.5 Å². The Morgan fingerprint density at radius 3 is 0.711 bits per heavy atom. The molecule has 0 unspecified atom stereocenters. The van der Waals surface area contributed by atoms with Gasteiger partial charge < -0.3 is 39.6 Å². The normalized spacial score (nSPS) is 13.5. The Balaban J connectivity index is 0. The van der Waals surface area contributed by atoms with Crippen LogP contribution in [0.4, 0.5) is 0 Å². The number of hydrogen-bond acceptors (Lipinski definition) is 8. The summed E-state index contributed by atoms with van der Waals surface area (Å²) in [5.74, 6) is -5.83. The second kappa shape index (κ2) is 13.7. The van der Waals surface area contributed by atoms with Gasteiger partial charge in [0.1, 0.15) is 0 Å². The summed E-state index contributed by atoms with van der Waals surface area (Å²) in [5.41, 5.74) is -4.05. The van der Waals surface area contributed by atoms with Crippen LogP contribution in [0.2, 0.25) is 0 Å². The first kappa shape index (κ1) is 37.2. The summed E-state index contributed by atoms with van der Waals surface area (Å²) in [6.07, 6.45) is 3.53. The van der Waals surface area contributed by atoms with Crippen LogP contribution in [0.1, 0.15) is 83.1 Å². The van der Waals surface area contributed by atoms with Crippen molar-refractivity contribution in [3.8, 4) is 0 Å². The third-order valence-corrected chi connectivity index (χ3v) is 5.09. The van der Waals surface area contributed by atoms with Gasteiger partial charge in [0.2, 0.25) is 0 Å². The van der Waals surface area contributed by atoms with E-state index < -0.39 is 45.5 Å². The first-order chi connectivity index (χ1) is 16.7. The standard InChI is InChI=1S/2C12H20O4.C3H4N2.Ni/c2*1-11(2,3)7(9(13)14)8(10(15)16)12(4,5)6;1-2-5-3-4-1;/h2*1-6H3,(H,13,14)(H,15,16);1-2,4-5H;/q;;;-2/p-4/b2*8-7+;;. The number of carboxylic acid groups (broad SMARTS) is 4. The first-order valence-corrected chi connectivity index (χ1v) is 12.2. The molecule has 0 spiro atoms. The van der Waals surface area contributed by atoms with Gasteiger partial charge in [-0.1, -0.05) is 83.1 Å². The van der Waals surface area contributed by atoms with Gasteiger partial charge >= 0.3 is 41.8 Å². The van der Waals surface area contributed by atoms with Gasteiger partial charge in [-0.25, -0.2) is 0 Å². The van der Waals surface area contributed by atoms with Crippen LogP contribution in [0.3, 0.4) is 0 Å². The molecule has 0 atom stereocenters. The summed E-state index contributed by atoms with van der Waals surface area (Å²) in [5, 5.41) is 44.3. The summed E-state index contributed by atoms with van der Waals surface area (Å²) < 4.78 is 0.718. The molecule has 1 heterocycles. The van der Waals surface area contributed by atoms with E-state index in [-0.39, 0.29) is 22.3 Å². The third kappa shape index (κ3) is 12.5. The summed E-state index contributed by atoms with van der Waals surface area (Å²) >= 11 is 4.37. The Morgan fingerprint density at radius 2 is 0.658 bits per heavy atom. The molecular formula is C27H40N2NiO8-6. The van der Waals surface area contributed by atoms with Crippen molar-refractivity contribution in [2.24, 2.45) is 21.7 Å². The average Bonchev–Trinajstić information content (AvgIpc) is 3.10. The van der Waals surface area contributed by atoms with E-state index in [2.05, 4.69) is 25.0 Å². The molecule has 0 aliphatic carbocycles. The zero-order chi connectivity index (χ0) is 31.0. The quantitative estimate of drug-likeness (QED) is 0.372. The fourth-order valence-corrected chi connectivity index (χ4v) is 3.56. The molecule has 1 aromatic heterocycles. The average molecular weight is 579 g/mol. The molecule has 0 radical (unpaired) electrons. The second-order valence-corrected chi connectivity index (χ2v) is 13.0. The minimum atomic E-state index is -1.46. The molecule has 10 nitrogen and oxygen atoms in total. The van der Waals surface area contributed by atoms with Crippen molar-refractivity contribution in [3.63, 3.8) is 0 Å². The van der Waals surface area contributed by atoms with Gasteiger partial charge in [-0.05, 0) is 44.0 Å². The number of carbonyl (C=O) groups excluding carboxylic acids is 4. The fraction of sp³-hybridized carbons (Fsp3) is 0.593. The molecule has 11 heteroatoms. The van der Waals surface area contributed by atoms with E-state index in [1.807, 2.05) is 0 Å². The van der Waals surface area contributed by atoms with Crippen LogP contribution in [0.5, 0.6) is 0 Å². The number of carbonyl (C=O) groups is 4. The Labute approximate surface area is 232 Å². The number of aromatic amines is 2. The molecule has 0 fully saturated rings. The SMILES string of the molecule is CC(C)(C)/C(C(=O)[O-])=C(\C(=O)[O-])C(C)(C)C.CC(C)(C)/C(C(=O)[O-])=C(\C(=O)[O-])C(C)(C)C.[Ni-2]=[c]1[nH]cc[nH]1. The molecule has 0 saturated heterocycles. The number of aromatic nitrogens is 2. The van der Waals surface area contributed by atoms with Crippen molar-refractivity contribution < 1.29 is 54.6 Å². The van der Waals surface area contributed by atoms with E-state index in [0.29, 0.717) is 0 Å². The van der Waals surface area contributed by atoms with Crippen LogP contribution < -0.4 is 20.4 Å². The number of H-pyrrole nitrogens is 2. The Kier molecular flexibility index (Phi) is 13.5. The zero-order valence-corrected chi connectivity index (χ0v) is 25.2. The number of imidazole rings is 1. The van der Waals surface area contributed by atoms with Crippen LogP contribution in [-0.2, 0) is 34.2 Å². The summed E-state index contributed by atoms with van der Waals surface area (Å²) in [6.45, 7) is 19.6. The van der Waals surface area contributed by atoms with Gasteiger partial charge in [0, 0.05) is 0 Å². The number of hydrogen-bond donors (Lipinski definition) is 2. The molecule has 0 bridgehead atoms. The van der Waals surface area contributed by atoms with Gasteiger partial charge in [-0.15, -0.1) is 0 Å². The minimum absolute atomic E-state index is 0.208. The number of carboxylic acids is 4. The predicted molar refractivity (Wildman–Crippen MR) is 130 cm³/mol. The molecule has 2 N–H and O–H groups in total. The maximum atomic E-state index is 11.1. The molecule has 0 aromatic carbocycles. The zero-order valence-electron chi connectivity index (χ0n) is 24.2. The van der Waals surface area contributed by atoms with Gasteiger partial charge in [-0.2, -0.15) is 0 Å². The van der Waals surface area contributed by atoms with E-state index in [1.165, 1.54) is 0 Å². The topological polar surface area (TPSA) is 192 Å². The van der Waals surface area contributed by atoms with Crippen LogP contribution in [0, 0.1) is 26.1 Å².